The van der Waals surface area contributed by atoms with Crippen molar-refractivity contribution in [1.29, 1.82) is 0 Å². The second kappa shape index (κ2) is 10.9. The topological polar surface area (TPSA) is 68.2 Å². The summed E-state index contributed by atoms with van der Waals surface area (Å²) in [6.07, 6.45) is 6.26. The zero-order valence-electron chi connectivity index (χ0n) is 16.8. The van der Waals surface area contributed by atoms with Crippen molar-refractivity contribution in [1.82, 2.24) is 4.90 Å². The normalized spacial score (nSPS) is 26.9. The largest absolute Gasteiger partial charge is 0.469 e. The van der Waals surface area contributed by atoms with Crippen LogP contribution in [-0.4, -0.2) is 61.3 Å². The quantitative estimate of drug-likeness (QED) is 0.653. The smallest absolute Gasteiger partial charge is 0.307 e. The van der Waals surface area contributed by atoms with E-state index < -0.39 is 0 Å². The average Bonchev–Trinajstić information content (AvgIpc) is 3.12. The number of benzene rings is 1. The van der Waals surface area contributed by atoms with Crippen molar-refractivity contribution in [2.75, 3.05) is 26.9 Å². The Morgan fingerprint density at radius 3 is 2.68 bits per heavy atom. The summed E-state index contributed by atoms with van der Waals surface area (Å²) < 4.78 is 16.5. The third kappa shape index (κ3) is 5.54. The van der Waals surface area contributed by atoms with Gasteiger partial charge in [0.25, 0.3) is 0 Å². The SMILES string of the molecule is COC(=O)C[C@@H]1CC[C@H](CCOC2CCCCO2)N1[C@H](CO)c1ccccc1. The molecule has 0 radical (unpaired) electrons. The highest BCUT2D eigenvalue weighted by atomic mass is 16.7. The standard InChI is InChI=1S/C22H33NO5/c1-26-21(25)15-19-11-10-18(12-14-28-22-9-5-6-13-27-22)23(19)20(16-24)17-7-3-2-4-8-17/h2-4,7-8,18-20,22,24H,5-6,9-16H2,1H3/t18-,19+,20-,22?/m1/s1. The molecule has 1 unspecified atom stereocenters. The van der Waals surface area contributed by atoms with Crippen LogP contribution in [0.5, 0.6) is 0 Å². The fourth-order valence-electron chi connectivity index (χ4n) is 4.49. The maximum atomic E-state index is 11.9. The number of ether oxygens (including phenoxy) is 3. The molecule has 2 saturated heterocycles. The zero-order valence-corrected chi connectivity index (χ0v) is 16.8. The molecule has 1 N–H and O–H groups in total. The first kappa shape index (κ1) is 21.2. The van der Waals surface area contributed by atoms with Gasteiger partial charge in [0.05, 0.1) is 32.8 Å². The summed E-state index contributed by atoms with van der Waals surface area (Å²) in [5, 5.41) is 10.2. The van der Waals surface area contributed by atoms with Gasteiger partial charge < -0.3 is 19.3 Å². The van der Waals surface area contributed by atoms with E-state index in [-0.39, 0.29) is 37.0 Å². The Balaban J connectivity index is 1.67. The fraction of sp³-hybridized carbons (Fsp3) is 0.682. The number of carbonyl (C=O) groups excluding carboxylic acids is 1. The Morgan fingerprint density at radius 2 is 2.00 bits per heavy atom. The number of hydrogen-bond acceptors (Lipinski definition) is 6. The van der Waals surface area contributed by atoms with Gasteiger partial charge >= 0.3 is 5.97 Å². The minimum absolute atomic E-state index is 0.0186. The predicted octanol–water partition coefficient (Wildman–Crippen LogP) is 3.05. The molecule has 6 heteroatoms. The summed E-state index contributed by atoms with van der Waals surface area (Å²) in [7, 11) is 1.43. The van der Waals surface area contributed by atoms with Gasteiger partial charge in [-0.2, -0.15) is 0 Å². The molecule has 0 saturated carbocycles. The molecule has 3 rings (SSSR count). The zero-order chi connectivity index (χ0) is 19.8. The number of likely N-dealkylation sites (tertiary alicyclic amines) is 1. The molecule has 1 aromatic rings. The lowest BCUT2D eigenvalue weighted by atomic mass is 10.0. The van der Waals surface area contributed by atoms with Crippen molar-refractivity contribution in [2.24, 2.45) is 0 Å². The molecule has 2 heterocycles. The summed E-state index contributed by atoms with van der Waals surface area (Å²) in [6.45, 7) is 1.43. The van der Waals surface area contributed by atoms with Crippen LogP contribution in [0.15, 0.2) is 30.3 Å². The van der Waals surface area contributed by atoms with Gasteiger partial charge in [0.1, 0.15) is 0 Å². The van der Waals surface area contributed by atoms with Gasteiger partial charge in [0.15, 0.2) is 6.29 Å². The van der Waals surface area contributed by atoms with Gasteiger partial charge in [-0.3, -0.25) is 9.69 Å². The van der Waals surface area contributed by atoms with Crippen LogP contribution in [-0.2, 0) is 19.0 Å². The van der Waals surface area contributed by atoms with Gasteiger partial charge in [-0.25, -0.2) is 0 Å². The van der Waals surface area contributed by atoms with Crippen LogP contribution in [0.3, 0.4) is 0 Å². The molecule has 2 aliphatic rings. The van der Waals surface area contributed by atoms with Gasteiger partial charge in [-0.15, -0.1) is 0 Å². The summed E-state index contributed by atoms with van der Waals surface area (Å²) >= 11 is 0. The molecule has 2 aliphatic heterocycles. The van der Waals surface area contributed by atoms with E-state index in [1.807, 2.05) is 30.3 Å². The Bertz CT molecular complexity index is 590. The molecule has 1 aromatic carbocycles. The molecule has 0 bridgehead atoms. The van der Waals surface area contributed by atoms with Crippen molar-refractivity contribution in [2.45, 2.75) is 69.4 Å². The molecular formula is C22H33NO5. The third-order valence-corrected chi connectivity index (χ3v) is 5.92. The molecule has 28 heavy (non-hydrogen) atoms. The van der Waals surface area contributed by atoms with E-state index in [4.69, 9.17) is 14.2 Å². The monoisotopic (exact) mass is 391 g/mol. The number of methoxy groups -OCH3 is 1. The first-order valence-corrected chi connectivity index (χ1v) is 10.5. The van der Waals surface area contributed by atoms with E-state index in [1.54, 1.807) is 0 Å². The summed E-state index contributed by atoms with van der Waals surface area (Å²) in [5.74, 6) is -0.202. The van der Waals surface area contributed by atoms with E-state index in [2.05, 4.69) is 4.90 Å². The Kier molecular flexibility index (Phi) is 8.27. The Hall–Kier alpha value is -1.47. The first-order valence-electron chi connectivity index (χ1n) is 10.5. The van der Waals surface area contributed by atoms with Crippen molar-refractivity contribution in [3.63, 3.8) is 0 Å². The van der Waals surface area contributed by atoms with Crippen LogP contribution in [0.2, 0.25) is 0 Å². The minimum Gasteiger partial charge on any atom is -0.469 e. The van der Waals surface area contributed by atoms with Gasteiger partial charge in [0, 0.05) is 18.7 Å². The lowest BCUT2D eigenvalue weighted by molar-refractivity contribution is -0.164. The Morgan fingerprint density at radius 1 is 1.21 bits per heavy atom. The van der Waals surface area contributed by atoms with E-state index in [1.165, 1.54) is 7.11 Å². The molecule has 156 valence electrons. The van der Waals surface area contributed by atoms with Crippen molar-refractivity contribution < 1.29 is 24.1 Å². The Labute approximate surface area is 167 Å². The molecule has 0 amide bonds. The van der Waals surface area contributed by atoms with E-state index >= 15 is 0 Å². The van der Waals surface area contributed by atoms with Crippen LogP contribution >= 0.6 is 0 Å². The van der Waals surface area contributed by atoms with Crippen LogP contribution in [0.25, 0.3) is 0 Å². The highest BCUT2D eigenvalue weighted by molar-refractivity contribution is 5.70. The van der Waals surface area contributed by atoms with Gasteiger partial charge in [0.2, 0.25) is 0 Å². The molecule has 0 aliphatic carbocycles. The van der Waals surface area contributed by atoms with E-state index in [0.717, 1.165) is 50.7 Å². The first-order chi connectivity index (χ1) is 13.7. The molecule has 6 nitrogen and oxygen atoms in total. The highest BCUT2D eigenvalue weighted by Gasteiger charge is 2.39. The number of esters is 1. The van der Waals surface area contributed by atoms with E-state index in [9.17, 15) is 9.90 Å². The third-order valence-electron chi connectivity index (χ3n) is 5.92. The lowest BCUT2D eigenvalue weighted by Gasteiger charge is -2.37. The molecule has 0 aromatic heterocycles. The maximum absolute atomic E-state index is 11.9. The molecular weight excluding hydrogens is 358 g/mol. The van der Waals surface area contributed by atoms with Crippen LogP contribution < -0.4 is 0 Å². The van der Waals surface area contributed by atoms with Crippen molar-refractivity contribution in [3.05, 3.63) is 35.9 Å². The van der Waals surface area contributed by atoms with Crippen molar-refractivity contribution >= 4 is 5.97 Å². The van der Waals surface area contributed by atoms with Crippen LogP contribution in [0, 0.1) is 0 Å². The second-order valence-corrected chi connectivity index (χ2v) is 7.68. The average molecular weight is 392 g/mol. The van der Waals surface area contributed by atoms with Crippen LogP contribution in [0.4, 0.5) is 0 Å². The fourth-order valence-corrected chi connectivity index (χ4v) is 4.49. The highest BCUT2D eigenvalue weighted by Crippen LogP contribution is 2.37. The predicted molar refractivity (Wildman–Crippen MR) is 106 cm³/mol. The lowest BCUT2D eigenvalue weighted by Crippen LogP contribution is -2.42. The number of aliphatic hydroxyl groups is 1. The second-order valence-electron chi connectivity index (χ2n) is 7.68. The summed E-state index contributed by atoms with van der Waals surface area (Å²) in [5.41, 5.74) is 1.07. The summed E-state index contributed by atoms with van der Waals surface area (Å²) in [4.78, 5) is 14.3. The van der Waals surface area contributed by atoms with E-state index in [0.29, 0.717) is 13.0 Å². The molecule has 0 spiro atoms. The minimum atomic E-state index is -0.202. The number of rotatable bonds is 9. The van der Waals surface area contributed by atoms with Gasteiger partial charge in [-0.1, -0.05) is 30.3 Å². The number of aliphatic hydroxyl groups excluding tert-OH is 1. The van der Waals surface area contributed by atoms with Crippen LogP contribution in [0.1, 0.15) is 56.6 Å². The van der Waals surface area contributed by atoms with Crippen molar-refractivity contribution in [3.8, 4) is 0 Å². The summed E-state index contributed by atoms with van der Waals surface area (Å²) in [6, 6.07) is 10.2. The maximum Gasteiger partial charge on any atom is 0.307 e. The number of nitrogens with zero attached hydrogens (tertiary/aromatic N) is 1. The number of hydrogen-bond donors (Lipinski definition) is 1. The molecule has 2 fully saturated rings. The molecule has 4 atom stereocenters. The van der Waals surface area contributed by atoms with Gasteiger partial charge in [-0.05, 0) is 44.1 Å². The number of carbonyl (C=O) groups is 1.